The van der Waals surface area contributed by atoms with Gasteiger partial charge in [0.15, 0.2) is 0 Å². The van der Waals surface area contributed by atoms with Crippen LogP contribution in [0.25, 0.3) is 0 Å². The molecule has 2 atom stereocenters. The van der Waals surface area contributed by atoms with Gasteiger partial charge in [-0.2, -0.15) is 0 Å². The molecule has 0 amide bonds. The van der Waals surface area contributed by atoms with E-state index in [9.17, 15) is 0 Å². The van der Waals surface area contributed by atoms with Crippen molar-refractivity contribution in [3.8, 4) is 5.75 Å². The highest BCUT2D eigenvalue weighted by atomic mass is 16.5. The van der Waals surface area contributed by atoms with Gasteiger partial charge in [0.1, 0.15) is 11.9 Å². The molecule has 0 N–H and O–H groups in total. The Kier molecular flexibility index (Phi) is 3.63. The van der Waals surface area contributed by atoms with Crippen molar-refractivity contribution in [3.05, 3.63) is 101 Å². The second-order valence-corrected chi connectivity index (χ2v) is 6.25. The summed E-state index contributed by atoms with van der Waals surface area (Å²) >= 11 is 0. The van der Waals surface area contributed by atoms with Crippen LogP contribution in [0.3, 0.4) is 0 Å². The van der Waals surface area contributed by atoms with Crippen molar-refractivity contribution in [2.75, 3.05) is 0 Å². The van der Waals surface area contributed by atoms with Gasteiger partial charge < -0.3 is 4.74 Å². The highest BCUT2D eigenvalue weighted by Crippen LogP contribution is 2.44. The van der Waals surface area contributed by atoms with Gasteiger partial charge in [-0.1, -0.05) is 78.4 Å². The van der Waals surface area contributed by atoms with E-state index in [1.165, 1.54) is 22.3 Å². The van der Waals surface area contributed by atoms with Gasteiger partial charge in [0.25, 0.3) is 0 Å². The lowest BCUT2D eigenvalue weighted by Gasteiger charge is -2.33. The quantitative estimate of drug-likeness (QED) is 0.594. The summed E-state index contributed by atoms with van der Waals surface area (Å²) in [6.07, 6.45) is 1.08. The Balaban J connectivity index is 1.76. The highest BCUT2D eigenvalue weighted by Gasteiger charge is 2.29. The zero-order valence-corrected chi connectivity index (χ0v) is 13.3. The van der Waals surface area contributed by atoms with Gasteiger partial charge in [-0.3, -0.25) is 0 Å². The van der Waals surface area contributed by atoms with E-state index in [1.807, 2.05) is 0 Å². The Morgan fingerprint density at radius 3 is 2.22 bits per heavy atom. The van der Waals surface area contributed by atoms with E-state index < -0.39 is 0 Å². The van der Waals surface area contributed by atoms with Gasteiger partial charge in [0.2, 0.25) is 0 Å². The second-order valence-electron chi connectivity index (χ2n) is 6.25. The average Bonchev–Trinajstić information content (AvgIpc) is 2.62. The molecule has 1 nitrogen and oxygen atoms in total. The van der Waals surface area contributed by atoms with E-state index in [1.54, 1.807) is 0 Å². The molecule has 1 aliphatic heterocycles. The molecule has 1 aliphatic rings. The largest absolute Gasteiger partial charge is 0.485 e. The molecular weight excluding hydrogens is 280 g/mol. The van der Waals surface area contributed by atoms with Crippen LogP contribution in [-0.4, -0.2) is 0 Å². The minimum atomic E-state index is 0.109. The number of rotatable bonds is 2. The first-order valence-electron chi connectivity index (χ1n) is 8.18. The number of benzene rings is 3. The number of hydrogen-bond acceptors (Lipinski definition) is 1. The lowest BCUT2D eigenvalue weighted by atomic mass is 9.82. The fraction of sp³-hybridized carbons (Fsp3) is 0.182. The van der Waals surface area contributed by atoms with Crippen molar-refractivity contribution < 1.29 is 4.74 Å². The molecule has 4 rings (SSSR count). The molecule has 0 aliphatic carbocycles. The molecule has 1 heteroatoms. The molecule has 0 spiro atoms. The smallest absolute Gasteiger partial charge is 0.125 e. The Morgan fingerprint density at radius 1 is 0.739 bits per heavy atom. The van der Waals surface area contributed by atoms with Crippen LogP contribution in [0.1, 0.15) is 40.7 Å². The van der Waals surface area contributed by atoms with Gasteiger partial charge >= 0.3 is 0 Å². The van der Waals surface area contributed by atoms with E-state index in [0.29, 0.717) is 5.92 Å². The number of para-hydroxylation sites is 1. The summed E-state index contributed by atoms with van der Waals surface area (Å²) in [5.74, 6) is 1.39. The fourth-order valence-corrected chi connectivity index (χ4v) is 3.40. The molecule has 0 radical (unpaired) electrons. The second kappa shape index (κ2) is 5.92. The number of fused-ring (bicyclic) bond motifs is 1. The minimum Gasteiger partial charge on any atom is -0.485 e. The van der Waals surface area contributed by atoms with Gasteiger partial charge in [-0.15, -0.1) is 0 Å². The van der Waals surface area contributed by atoms with Crippen LogP contribution < -0.4 is 4.74 Å². The van der Waals surface area contributed by atoms with Crippen LogP contribution in [0.15, 0.2) is 78.9 Å². The molecule has 1 heterocycles. The molecule has 0 fully saturated rings. The molecule has 3 aromatic rings. The first-order valence-corrected chi connectivity index (χ1v) is 8.18. The van der Waals surface area contributed by atoms with Gasteiger partial charge in [0, 0.05) is 11.5 Å². The summed E-state index contributed by atoms with van der Waals surface area (Å²) in [6.45, 7) is 2.13. The summed E-state index contributed by atoms with van der Waals surface area (Å²) in [6, 6.07) is 27.9. The molecule has 23 heavy (non-hydrogen) atoms. The molecule has 0 aromatic heterocycles. The molecule has 0 saturated heterocycles. The third-order valence-corrected chi connectivity index (χ3v) is 4.66. The van der Waals surface area contributed by atoms with Crippen molar-refractivity contribution in [2.45, 2.75) is 25.4 Å². The van der Waals surface area contributed by atoms with Crippen molar-refractivity contribution >= 4 is 0 Å². The van der Waals surface area contributed by atoms with E-state index in [-0.39, 0.29) is 6.10 Å². The zero-order valence-electron chi connectivity index (χ0n) is 13.3. The first-order chi connectivity index (χ1) is 11.3. The highest BCUT2D eigenvalue weighted by molar-refractivity contribution is 5.45. The van der Waals surface area contributed by atoms with Gasteiger partial charge in [-0.05, 0) is 30.5 Å². The van der Waals surface area contributed by atoms with Crippen LogP contribution in [0.2, 0.25) is 0 Å². The Morgan fingerprint density at radius 2 is 1.43 bits per heavy atom. The lowest BCUT2D eigenvalue weighted by molar-refractivity contribution is 0.167. The van der Waals surface area contributed by atoms with Crippen LogP contribution in [0.5, 0.6) is 5.75 Å². The number of aryl methyl sites for hydroxylation is 1. The molecule has 0 unspecified atom stereocenters. The average molecular weight is 300 g/mol. The topological polar surface area (TPSA) is 9.23 Å². The maximum Gasteiger partial charge on any atom is 0.125 e. The first kappa shape index (κ1) is 14.1. The normalized spacial score (nSPS) is 19.7. The van der Waals surface area contributed by atoms with E-state index in [0.717, 1.165) is 12.2 Å². The number of ether oxygens (including phenoxy) is 1. The number of hydrogen-bond donors (Lipinski definition) is 0. The van der Waals surface area contributed by atoms with Crippen molar-refractivity contribution in [3.63, 3.8) is 0 Å². The maximum absolute atomic E-state index is 6.29. The molecular formula is C22H20O. The van der Waals surface area contributed by atoms with Crippen molar-refractivity contribution in [2.24, 2.45) is 0 Å². The Hall–Kier alpha value is -2.54. The van der Waals surface area contributed by atoms with E-state index in [4.69, 9.17) is 4.74 Å². The fourth-order valence-electron chi connectivity index (χ4n) is 3.40. The lowest BCUT2D eigenvalue weighted by Crippen LogP contribution is -2.19. The molecule has 114 valence electrons. The molecule has 3 aromatic carbocycles. The molecule has 0 saturated carbocycles. The van der Waals surface area contributed by atoms with Crippen LogP contribution in [-0.2, 0) is 0 Å². The maximum atomic E-state index is 6.29. The summed E-state index contributed by atoms with van der Waals surface area (Å²) in [4.78, 5) is 0. The van der Waals surface area contributed by atoms with Crippen molar-refractivity contribution in [1.29, 1.82) is 0 Å². The van der Waals surface area contributed by atoms with Crippen LogP contribution in [0, 0.1) is 6.92 Å². The summed E-state index contributed by atoms with van der Waals surface area (Å²) < 4.78 is 6.29. The summed E-state index contributed by atoms with van der Waals surface area (Å²) in [7, 11) is 0. The van der Waals surface area contributed by atoms with Crippen LogP contribution in [0.4, 0.5) is 0 Å². The van der Waals surface area contributed by atoms with E-state index >= 15 is 0 Å². The standard InChI is InChI=1S/C22H20O/c1-16-11-13-17(14-12-16)20-15-22(18-7-3-2-4-8-18)23-21-10-6-5-9-19(20)21/h2-14,20,22H,15H2,1H3/t20-,22-/m0/s1. The zero-order chi connectivity index (χ0) is 15.6. The van der Waals surface area contributed by atoms with Gasteiger partial charge in [0.05, 0.1) is 0 Å². The monoisotopic (exact) mass is 300 g/mol. The minimum absolute atomic E-state index is 0.109. The SMILES string of the molecule is Cc1ccc([C@@H]2C[C@@H](c3ccccc3)Oc3ccccc32)cc1. The van der Waals surface area contributed by atoms with Crippen molar-refractivity contribution in [1.82, 2.24) is 0 Å². The predicted molar refractivity (Wildman–Crippen MR) is 93.9 cm³/mol. The summed E-state index contributed by atoms with van der Waals surface area (Å²) in [5.41, 5.74) is 5.21. The van der Waals surface area contributed by atoms with E-state index in [2.05, 4.69) is 85.8 Å². The Bertz CT molecular complexity index is 790. The predicted octanol–water partition coefficient (Wildman–Crippen LogP) is 5.65. The third kappa shape index (κ3) is 2.75. The molecule has 0 bridgehead atoms. The van der Waals surface area contributed by atoms with Gasteiger partial charge in [-0.25, -0.2) is 0 Å². The van der Waals surface area contributed by atoms with Crippen LogP contribution >= 0.6 is 0 Å². The summed E-state index contributed by atoms with van der Waals surface area (Å²) in [5, 5.41) is 0. The third-order valence-electron chi connectivity index (χ3n) is 4.66. The Labute approximate surface area is 137 Å².